The van der Waals surface area contributed by atoms with Gasteiger partial charge in [-0.25, -0.2) is 4.90 Å². The molecule has 0 unspecified atom stereocenters. The Bertz CT molecular complexity index is 1110. The zero-order chi connectivity index (χ0) is 20.4. The minimum absolute atomic E-state index is 0.242. The molecule has 0 saturated carbocycles. The number of rotatable bonds is 5. The Hall–Kier alpha value is -3.02. The van der Waals surface area contributed by atoms with Crippen LogP contribution >= 0.6 is 23.4 Å². The maximum absolute atomic E-state index is 13.2. The van der Waals surface area contributed by atoms with Gasteiger partial charge in [-0.2, -0.15) is 0 Å². The molecule has 0 atom stereocenters. The number of anilines is 2. The molecule has 3 aromatic rings. The molecule has 0 bridgehead atoms. The largest absolute Gasteiger partial charge is 0.350 e. The fourth-order valence-electron chi connectivity index (χ4n) is 2.96. The molecule has 29 heavy (non-hydrogen) atoms. The van der Waals surface area contributed by atoms with Crippen LogP contribution in [0.3, 0.4) is 0 Å². The second-order valence-corrected chi connectivity index (χ2v) is 8.06. The highest BCUT2D eigenvalue weighted by Crippen LogP contribution is 2.38. The van der Waals surface area contributed by atoms with Crippen LogP contribution in [0.15, 0.2) is 94.4 Å². The summed E-state index contributed by atoms with van der Waals surface area (Å²) in [5.41, 5.74) is 2.48. The third kappa shape index (κ3) is 4.06. The minimum Gasteiger partial charge on any atom is -0.350 e. The van der Waals surface area contributed by atoms with Gasteiger partial charge in [0.15, 0.2) is 0 Å². The number of nitrogens with one attached hydrogen (secondary N) is 1. The third-order valence-electron chi connectivity index (χ3n) is 4.39. The number of amides is 2. The van der Waals surface area contributed by atoms with E-state index >= 15 is 0 Å². The van der Waals surface area contributed by atoms with E-state index in [1.165, 1.54) is 16.7 Å². The number of carbonyl (C=O) groups excluding carboxylic acids is 2. The van der Waals surface area contributed by atoms with Crippen molar-refractivity contribution in [3.8, 4) is 0 Å². The van der Waals surface area contributed by atoms with Gasteiger partial charge in [-0.05, 0) is 49.4 Å². The van der Waals surface area contributed by atoms with Crippen LogP contribution in [-0.4, -0.2) is 11.8 Å². The molecule has 0 aliphatic carbocycles. The molecular weight excluding hydrogens is 404 g/mol. The Morgan fingerprint density at radius 2 is 1.59 bits per heavy atom. The van der Waals surface area contributed by atoms with Crippen LogP contribution < -0.4 is 10.2 Å². The van der Waals surface area contributed by atoms with Gasteiger partial charge in [0.05, 0.1) is 5.69 Å². The first-order valence-electron chi connectivity index (χ1n) is 8.98. The van der Waals surface area contributed by atoms with E-state index in [1.54, 1.807) is 36.4 Å². The molecule has 144 valence electrons. The predicted molar refractivity (Wildman–Crippen MR) is 118 cm³/mol. The van der Waals surface area contributed by atoms with E-state index in [0.717, 1.165) is 10.5 Å². The highest BCUT2D eigenvalue weighted by molar-refractivity contribution is 8.04. The molecule has 6 heteroatoms. The van der Waals surface area contributed by atoms with Crippen LogP contribution in [0.5, 0.6) is 0 Å². The van der Waals surface area contributed by atoms with Crippen molar-refractivity contribution in [1.82, 2.24) is 0 Å². The molecule has 1 heterocycles. The van der Waals surface area contributed by atoms with Crippen LogP contribution in [0.4, 0.5) is 11.4 Å². The fraction of sp³-hybridized carbons (Fsp3) is 0.0435. The van der Waals surface area contributed by atoms with Crippen molar-refractivity contribution >= 4 is 46.6 Å². The Morgan fingerprint density at radius 3 is 2.28 bits per heavy atom. The number of carbonyl (C=O) groups is 2. The van der Waals surface area contributed by atoms with Crippen molar-refractivity contribution in [1.29, 1.82) is 0 Å². The van der Waals surface area contributed by atoms with Crippen LogP contribution in [0.25, 0.3) is 0 Å². The molecule has 2 amide bonds. The van der Waals surface area contributed by atoms with Gasteiger partial charge < -0.3 is 5.32 Å². The number of thioether (sulfide) groups is 1. The summed E-state index contributed by atoms with van der Waals surface area (Å²) in [6.45, 7) is 1.96. The normalized spacial score (nSPS) is 13.9. The minimum atomic E-state index is -0.391. The molecule has 0 spiro atoms. The first-order valence-corrected chi connectivity index (χ1v) is 10.2. The summed E-state index contributed by atoms with van der Waals surface area (Å²) in [7, 11) is 0. The van der Waals surface area contributed by atoms with Crippen molar-refractivity contribution < 1.29 is 9.59 Å². The molecule has 0 radical (unpaired) electrons. The van der Waals surface area contributed by atoms with Gasteiger partial charge in [0, 0.05) is 15.6 Å². The number of aryl methyl sites for hydroxylation is 1. The van der Waals surface area contributed by atoms with Gasteiger partial charge in [-0.3, -0.25) is 9.59 Å². The highest BCUT2D eigenvalue weighted by Gasteiger charge is 2.40. The van der Waals surface area contributed by atoms with Gasteiger partial charge in [0.2, 0.25) is 0 Å². The Labute approximate surface area is 178 Å². The zero-order valence-electron chi connectivity index (χ0n) is 15.6. The number of imide groups is 1. The Kier molecular flexibility index (Phi) is 5.43. The SMILES string of the molecule is Cc1ccc(N2C(=O)C(Nc3cccc(Cl)c3)=C(Sc3ccccc3)C2=O)cc1. The molecular formula is C23H17ClN2O2S. The average Bonchev–Trinajstić information content (AvgIpc) is 2.94. The van der Waals surface area contributed by atoms with Gasteiger partial charge in [0.1, 0.15) is 10.6 Å². The lowest BCUT2D eigenvalue weighted by Gasteiger charge is -2.15. The molecule has 0 aromatic heterocycles. The number of hydrogen-bond acceptors (Lipinski definition) is 4. The molecule has 1 aliphatic rings. The summed E-state index contributed by atoms with van der Waals surface area (Å²) in [6.07, 6.45) is 0. The van der Waals surface area contributed by atoms with Gasteiger partial charge >= 0.3 is 0 Å². The lowest BCUT2D eigenvalue weighted by molar-refractivity contribution is -0.120. The smallest absolute Gasteiger partial charge is 0.283 e. The molecule has 1 N–H and O–H groups in total. The lowest BCUT2D eigenvalue weighted by atomic mass is 10.2. The standard InChI is InChI=1S/C23H17ClN2O2S/c1-15-10-12-18(13-11-15)26-22(27)20(25-17-7-5-6-16(24)14-17)21(23(26)28)29-19-8-3-2-4-9-19/h2-14,25H,1H3. The maximum Gasteiger partial charge on any atom is 0.283 e. The topological polar surface area (TPSA) is 49.4 Å². The molecule has 3 aromatic carbocycles. The van der Waals surface area contributed by atoms with Crippen molar-refractivity contribution in [2.24, 2.45) is 0 Å². The van der Waals surface area contributed by atoms with E-state index in [1.807, 2.05) is 49.4 Å². The van der Waals surface area contributed by atoms with Gasteiger partial charge in [0.25, 0.3) is 11.8 Å². The molecule has 0 fully saturated rings. The van der Waals surface area contributed by atoms with E-state index in [4.69, 9.17) is 11.6 Å². The lowest BCUT2D eigenvalue weighted by Crippen LogP contribution is -2.32. The molecule has 0 saturated heterocycles. The van der Waals surface area contributed by atoms with Crippen molar-refractivity contribution in [3.05, 3.63) is 100 Å². The summed E-state index contributed by atoms with van der Waals surface area (Å²) in [4.78, 5) is 28.9. The van der Waals surface area contributed by atoms with E-state index in [9.17, 15) is 9.59 Å². The van der Waals surface area contributed by atoms with Crippen LogP contribution in [0, 0.1) is 6.92 Å². The first kappa shape index (κ1) is 19.3. The Balaban J connectivity index is 1.74. The van der Waals surface area contributed by atoms with Crippen LogP contribution in [-0.2, 0) is 9.59 Å². The van der Waals surface area contributed by atoms with Crippen LogP contribution in [0.2, 0.25) is 5.02 Å². The van der Waals surface area contributed by atoms with E-state index < -0.39 is 5.91 Å². The second-order valence-electron chi connectivity index (χ2n) is 6.54. The quantitative estimate of drug-likeness (QED) is 0.543. The van der Waals surface area contributed by atoms with Crippen molar-refractivity contribution in [3.63, 3.8) is 0 Å². The Morgan fingerprint density at radius 1 is 0.862 bits per heavy atom. The van der Waals surface area contributed by atoms with E-state index in [2.05, 4.69) is 5.32 Å². The molecule has 1 aliphatic heterocycles. The average molecular weight is 421 g/mol. The predicted octanol–water partition coefficient (Wildman–Crippen LogP) is 5.64. The third-order valence-corrected chi connectivity index (χ3v) is 5.72. The molecule has 4 rings (SSSR count). The second kappa shape index (κ2) is 8.15. The number of benzene rings is 3. The summed E-state index contributed by atoms with van der Waals surface area (Å²) >= 11 is 7.35. The zero-order valence-corrected chi connectivity index (χ0v) is 17.1. The first-order chi connectivity index (χ1) is 14.0. The number of halogens is 1. The summed E-state index contributed by atoms with van der Waals surface area (Å²) in [5.74, 6) is -0.741. The van der Waals surface area contributed by atoms with E-state index in [0.29, 0.717) is 21.3 Å². The number of nitrogens with zero attached hydrogens (tertiary/aromatic N) is 1. The molecule has 4 nitrogen and oxygen atoms in total. The fourth-order valence-corrected chi connectivity index (χ4v) is 4.10. The maximum atomic E-state index is 13.2. The van der Waals surface area contributed by atoms with Gasteiger partial charge in [-0.1, -0.05) is 65.3 Å². The highest BCUT2D eigenvalue weighted by atomic mass is 35.5. The van der Waals surface area contributed by atoms with E-state index in [-0.39, 0.29) is 11.6 Å². The summed E-state index contributed by atoms with van der Waals surface area (Å²) < 4.78 is 0. The monoisotopic (exact) mass is 420 g/mol. The van der Waals surface area contributed by atoms with Crippen molar-refractivity contribution in [2.75, 3.05) is 10.2 Å². The summed E-state index contributed by atoms with van der Waals surface area (Å²) in [6, 6.07) is 23.9. The van der Waals surface area contributed by atoms with Gasteiger partial charge in [-0.15, -0.1) is 0 Å². The van der Waals surface area contributed by atoms with Crippen molar-refractivity contribution in [2.45, 2.75) is 11.8 Å². The summed E-state index contributed by atoms with van der Waals surface area (Å²) in [5, 5.41) is 3.65. The number of hydrogen-bond donors (Lipinski definition) is 1. The van der Waals surface area contributed by atoms with Crippen LogP contribution in [0.1, 0.15) is 5.56 Å².